The Balaban J connectivity index is 2.84. The second-order valence-electron chi connectivity index (χ2n) is 4.87. The number of ether oxygens (including phenoxy) is 1. The molecule has 0 atom stereocenters. The zero-order valence-corrected chi connectivity index (χ0v) is 13.1. The third-order valence-electron chi connectivity index (χ3n) is 2.80. The molecular weight excluding hydrogens is 308 g/mol. The van der Waals surface area contributed by atoms with Gasteiger partial charge in [-0.25, -0.2) is 0 Å². The van der Waals surface area contributed by atoms with Crippen LogP contribution in [0, 0.1) is 16.7 Å². The Morgan fingerprint density at radius 3 is 2.63 bits per heavy atom. The summed E-state index contributed by atoms with van der Waals surface area (Å²) in [5.41, 5.74) is -0.0318. The Bertz CT molecular complexity index is 521. The van der Waals surface area contributed by atoms with E-state index >= 15 is 0 Å². The molecular formula is C14H17BrN2O2. The quantitative estimate of drug-likeness (QED) is 0.855. The molecule has 0 aliphatic rings. The van der Waals surface area contributed by atoms with Crippen LogP contribution in [-0.2, 0) is 11.3 Å². The molecule has 19 heavy (non-hydrogen) atoms. The summed E-state index contributed by atoms with van der Waals surface area (Å²) in [7, 11) is 3.30. The smallest absolute Gasteiger partial charge is 0.242 e. The van der Waals surface area contributed by atoms with E-state index in [1.807, 2.05) is 24.3 Å². The third kappa shape index (κ3) is 3.71. The van der Waals surface area contributed by atoms with E-state index in [-0.39, 0.29) is 5.91 Å². The highest BCUT2D eigenvalue weighted by atomic mass is 79.9. The number of hydrogen-bond donors (Lipinski definition) is 0. The van der Waals surface area contributed by atoms with Crippen molar-refractivity contribution < 1.29 is 9.53 Å². The maximum absolute atomic E-state index is 12.1. The van der Waals surface area contributed by atoms with Gasteiger partial charge in [-0.3, -0.25) is 4.79 Å². The van der Waals surface area contributed by atoms with Gasteiger partial charge in [0.1, 0.15) is 11.2 Å². The van der Waals surface area contributed by atoms with E-state index in [4.69, 9.17) is 10.00 Å². The summed E-state index contributed by atoms with van der Waals surface area (Å²) >= 11 is 3.41. The fourth-order valence-electron chi connectivity index (χ4n) is 1.68. The highest BCUT2D eigenvalue weighted by molar-refractivity contribution is 9.10. The van der Waals surface area contributed by atoms with Crippen molar-refractivity contribution in [2.75, 3.05) is 14.2 Å². The minimum Gasteiger partial charge on any atom is -0.496 e. The number of hydrogen-bond acceptors (Lipinski definition) is 3. The van der Waals surface area contributed by atoms with E-state index < -0.39 is 5.41 Å². The van der Waals surface area contributed by atoms with Gasteiger partial charge in [0.05, 0.1) is 17.7 Å². The molecule has 0 aliphatic carbocycles. The van der Waals surface area contributed by atoms with Crippen LogP contribution < -0.4 is 4.74 Å². The topological polar surface area (TPSA) is 53.3 Å². The first-order chi connectivity index (χ1) is 8.81. The van der Waals surface area contributed by atoms with Crippen LogP contribution >= 0.6 is 15.9 Å². The van der Waals surface area contributed by atoms with Crippen LogP contribution in [0.15, 0.2) is 22.7 Å². The molecule has 0 saturated carbocycles. The van der Waals surface area contributed by atoms with Gasteiger partial charge in [0.25, 0.3) is 0 Å². The number of amides is 1. The van der Waals surface area contributed by atoms with Gasteiger partial charge in [0.15, 0.2) is 0 Å². The zero-order valence-electron chi connectivity index (χ0n) is 11.5. The van der Waals surface area contributed by atoms with Crippen molar-refractivity contribution in [1.82, 2.24) is 4.90 Å². The van der Waals surface area contributed by atoms with Crippen LogP contribution in [0.4, 0.5) is 0 Å². The molecule has 5 heteroatoms. The standard InChI is InChI=1S/C14H17BrN2O2/c1-14(2,9-16)13(18)17(3)8-10-5-6-12(19-4)11(15)7-10/h5-7H,8H2,1-4H3. The highest BCUT2D eigenvalue weighted by Crippen LogP contribution is 2.26. The molecule has 1 amide bonds. The van der Waals surface area contributed by atoms with Crippen LogP contribution in [-0.4, -0.2) is 25.0 Å². The number of benzene rings is 1. The van der Waals surface area contributed by atoms with Crippen LogP contribution in [0.1, 0.15) is 19.4 Å². The van der Waals surface area contributed by atoms with Gasteiger partial charge in [-0.2, -0.15) is 5.26 Å². The van der Waals surface area contributed by atoms with Gasteiger partial charge in [0.2, 0.25) is 5.91 Å². The Morgan fingerprint density at radius 1 is 1.53 bits per heavy atom. The summed E-state index contributed by atoms with van der Waals surface area (Å²) in [6, 6.07) is 7.66. The SMILES string of the molecule is COc1ccc(CN(C)C(=O)C(C)(C)C#N)cc1Br. The number of nitriles is 1. The first-order valence-corrected chi connectivity index (χ1v) is 6.60. The molecule has 0 fully saturated rings. The van der Waals surface area contributed by atoms with Crippen molar-refractivity contribution in [3.63, 3.8) is 0 Å². The Labute approximate surface area is 122 Å². The lowest BCUT2D eigenvalue weighted by molar-refractivity contribution is -0.136. The fourth-order valence-corrected chi connectivity index (χ4v) is 2.27. The van der Waals surface area contributed by atoms with Crippen LogP contribution in [0.3, 0.4) is 0 Å². The minimum absolute atomic E-state index is 0.193. The second-order valence-corrected chi connectivity index (χ2v) is 5.72. The molecule has 4 nitrogen and oxygen atoms in total. The molecule has 0 radical (unpaired) electrons. The molecule has 0 aliphatic heterocycles. The number of carbonyl (C=O) groups excluding carboxylic acids is 1. The number of carbonyl (C=O) groups is 1. The van der Waals surface area contributed by atoms with Crippen molar-refractivity contribution in [1.29, 1.82) is 5.26 Å². The van der Waals surface area contributed by atoms with E-state index in [0.717, 1.165) is 15.8 Å². The predicted molar refractivity (Wildman–Crippen MR) is 76.6 cm³/mol. The van der Waals surface area contributed by atoms with Gasteiger partial charge >= 0.3 is 0 Å². The molecule has 0 spiro atoms. The molecule has 1 rings (SSSR count). The monoisotopic (exact) mass is 324 g/mol. The molecule has 0 bridgehead atoms. The molecule has 1 aromatic carbocycles. The number of rotatable bonds is 4. The van der Waals surface area contributed by atoms with Gasteiger partial charge < -0.3 is 9.64 Å². The molecule has 0 N–H and O–H groups in total. The summed E-state index contributed by atoms with van der Waals surface area (Å²) in [6.45, 7) is 3.69. The van der Waals surface area contributed by atoms with Crippen LogP contribution in [0.2, 0.25) is 0 Å². The van der Waals surface area contributed by atoms with Gasteiger partial charge in [-0.05, 0) is 47.5 Å². The second kappa shape index (κ2) is 6.07. The predicted octanol–water partition coefficient (Wildman–Crippen LogP) is 2.97. The van der Waals surface area contributed by atoms with E-state index in [2.05, 4.69) is 15.9 Å². The van der Waals surface area contributed by atoms with E-state index in [1.54, 1.807) is 32.9 Å². The molecule has 1 aromatic rings. The summed E-state index contributed by atoms with van der Waals surface area (Å²) in [6.07, 6.45) is 0. The van der Waals surface area contributed by atoms with Crippen molar-refractivity contribution in [2.45, 2.75) is 20.4 Å². The number of methoxy groups -OCH3 is 1. The van der Waals surface area contributed by atoms with Gasteiger partial charge in [-0.1, -0.05) is 6.07 Å². The molecule has 0 unspecified atom stereocenters. The molecule has 0 saturated heterocycles. The molecule has 0 heterocycles. The summed E-state index contributed by atoms with van der Waals surface area (Å²) in [5, 5.41) is 8.97. The zero-order chi connectivity index (χ0) is 14.6. The summed E-state index contributed by atoms with van der Waals surface area (Å²) < 4.78 is 5.99. The van der Waals surface area contributed by atoms with Gasteiger partial charge in [0, 0.05) is 13.6 Å². The Hall–Kier alpha value is -1.54. The van der Waals surface area contributed by atoms with E-state index in [1.165, 1.54) is 0 Å². The highest BCUT2D eigenvalue weighted by Gasteiger charge is 2.30. The van der Waals surface area contributed by atoms with Crippen molar-refractivity contribution >= 4 is 21.8 Å². The molecule has 0 aromatic heterocycles. The Morgan fingerprint density at radius 2 is 2.16 bits per heavy atom. The van der Waals surface area contributed by atoms with Crippen LogP contribution in [0.25, 0.3) is 0 Å². The Kier molecular flexibility index (Phi) is 4.96. The lowest BCUT2D eigenvalue weighted by Crippen LogP contribution is -2.37. The fraction of sp³-hybridized carbons (Fsp3) is 0.429. The number of nitrogens with zero attached hydrogens (tertiary/aromatic N) is 2. The first-order valence-electron chi connectivity index (χ1n) is 5.81. The largest absolute Gasteiger partial charge is 0.496 e. The minimum atomic E-state index is -1.00. The normalized spacial score (nSPS) is 10.7. The lowest BCUT2D eigenvalue weighted by Gasteiger charge is -2.24. The van der Waals surface area contributed by atoms with Gasteiger partial charge in [-0.15, -0.1) is 0 Å². The lowest BCUT2D eigenvalue weighted by atomic mass is 9.94. The van der Waals surface area contributed by atoms with Crippen molar-refractivity contribution in [2.24, 2.45) is 5.41 Å². The maximum atomic E-state index is 12.1. The average molecular weight is 325 g/mol. The summed E-state index contributed by atoms with van der Waals surface area (Å²) in [4.78, 5) is 13.6. The molecule has 102 valence electrons. The van der Waals surface area contributed by atoms with E-state index in [0.29, 0.717) is 6.54 Å². The van der Waals surface area contributed by atoms with E-state index in [9.17, 15) is 4.79 Å². The van der Waals surface area contributed by atoms with Crippen LogP contribution in [0.5, 0.6) is 5.75 Å². The number of halogens is 1. The first kappa shape index (κ1) is 15.5. The van der Waals surface area contributed by atoms with Crippen molar-refractivity contribution in [3.05, 3.63) is 28.2 Å². The summed E-state index contributed by atoms with van der Waals surface area (Å²) in [5.74, 6) is 0.553. The maximum Gasteiger partial charge on any atom is 0.242 e. The third-order valence-corrected chi connectivity index (χ3v) is 3.42. The van der Waals surface area contributed by atoms with Crippen molar-refractivity contribution in [3.8, 4) is 11.8 Å². The average Bonchev–Trinajstić information content (AvgIpc) is 2.38.